The Morgan fingerprint density at radius 2 is 1.59 bits per heavy atom. The van der Waals surface area contributed by atoms with E-state index in [1.54, 1.807) is 4.90 Å². The lowest BCUT2D eigenvalue weighted by atomic mass is 9.82. The first-order valence-electron chi connectivity index (χ1n) is 15.6. The number of carbonyl (C=O) groups excluding carboxylic acids is 3. The third-order valence-corrected chi connectivity index (χ3v) is 9.27. The first-order chi connectivity index (χ1) is 19.7. The smallest absolute Gasteiger partial charge is 0.326 e. The van der Waals surface area contributed by atoms with Crippen LogP contribution in [0.2, 0.25) is 0 Å². The molecule has 1 heterocycles. The van der Waals surface area contributed by atoms with E-state index in [1.807, 2.05) is 32.0 Å². The van der Waals surface area contributed by atoms with Gasteiger partial charge in [0, 0.05) is 26.1 Å². The third-order valence-electron chi connectivity index (χ3n) is 9.27. The normalized spacial score (nSPS) is 21.5. The standard InChI is InChI=1S/C32H48N4O5/c1-21(2)20-26(31(39)40)35(3)30(38)27(23-13-6-4-7-14-23)33-29(37)28(34-32(41)36-18-10-5-11-19-36)25-17-16-22-12-8-9-15-24(22)25/h8-9,12,15,21,23,25-28H,4-7,10-11,13-14,16-20H2,1-3H3,(H,33,37)(H,34,41)(H,39,40)/t25?,26-,27-,28-/m1/s1. The van der Waals surface area contributed by atoms with Gasteiger partial charge in [0.1, 0.15) is 18.1 Å². The zero-order valence-electron chi connectivity index (χ0n) is 24.9. The Bertz CT molecular complexity index is 1080. The number of benzene rings is 1. The van der Waals surface area contributed by atoms with Crippen LogP contribution in [0.3, 0.4) is 0 Å². The summed E-state index contributed by atoms with van der Waals surface area (Å²) < 4.78 is 0. The highest BCUT2D eigenvalue weighted by molar-refractivity contribution is 5.94. The number of amides is 4. The molecule has 1 unspecified atom stereocenters. The number of hydrogen-bond donors (Lipinski definition) is 3. The summed E-state index contributed by atoms with van der Waals surface area (Å²) in [4.78, 5) is 56.8. The van der Waals surface area contributed by atoms with E-state index >= 15 is 0 Å². The molecule has 226 valence electrons. The van der Waals surface area contributed by atoms with Gasteiger partial charge in [0.15, 0.2) is 0 Å². The minimum atomic E-state index is -1.04. The van der Waals surface area contributed by atoms with Crippen molar-refractivity contribution in [1.29, 1.82) is 0 Å². The highest BCUT2D eigenvalue weighted by atomic mass is 16.4. The molecule has 4 rings (SSSR count). The summed E-state index contributed by atoms with van der Waals surface area (Å²) in [5, 5.41) is 16.1. The number of likely N-dealkylation sites (N-methyl/N-ethyl adjacent to an activating group) is 1. The number of nitrogens with one attached hydrogen (secondary N) is 2. The summed E-state index contributed by atoms with van der Waals surface area (Å²) in [6, 6.07) is 5.17. The molecule has 1 saturated heterocycles. The average molecular weight is 569 g/mol. The van der Waals surface area contributed by atoms with Crippen LogP contribution in [0.15, 0.2) is 24.3 Å². The molecule has 3 N–H and O–H groups in total. The number of rotatable bonds is 10. The van der Waals surface area contributed by atoms with Crippen LogP contribution >= 0.6 is 0 Å². The van der Waals surface area contributed by atoms with Crippen molar-refractivity contribution in [2.75, 3.05) is 20.1 Å². The molecule has 1 saturated carbocycles. The van der Waals surface area contributed by atoms with Crippen LogP contribution in [0.25, 0.3) is 0 Å². The fourth-order valence-electron chi connectivity index (χ4n) is 6.94. The zero-order valence-corrected chi connectivity index (χ0v) is 24.9. The SMILES string of the molecule is CC(C)C[C@H](C(=O)O)N(C)C(=O)[C@H](NC(=O)[C@H](NC(=O)N1CCCCC1)C1CCc2ccccc21)C1CCCCC1. The number of aliphatic carboxylic acids is 1. The number of carboxylic acids is 1. The molecule has 3 aliphatic rings. The van der Waals surface area contributed by atoms with Gasteiger partial charge in [0.05, 0.1) is 0 Å². The van der Waals surface area contributed by atoms with Crippen LogP contribution in [0.4, 0.5) is 4.79 Å². The van der Waals surface area contributed by atoms with E-state index in [-0.39, 0.29) is 35.6 Å². The van der Waals surface area contributed by atoms with Gasteiger partial charge < -0.3 is 25.5 Å². The molecule has 2 fully saturated rings. The molecule has 9 heteroatoms. The average Bonchev–Trinajstić information content (AvgIpc) is 3.41. The number of nitrogens with zero attached hydrogens (tertiary/aromatic N) is 2. The van der Waals surface area contributed by atoms with E-state index < -0.39 is 24.1 Å². The van der Waals surface area contributed by atoms with Crippen LogP contribution in [0.1, 0.15) is 95.1 Å². The second-order valence-corrected chi connectivity index (χ2v) is 12.6. The first kappa shape index (κ1) is 30.8. The van der Waals surface area contributed by atoms with Gasteiger partial charge in [-0.15, -0.1) is 0 Å². The topological polar surface area (TPSA) is 119 Å². The van der Waals surface area contributed by atoms with E-state index in [9.17, 15) is 24.3 Å². The van der Waals surface area contributed by atoms with Gasteiger partial charge >= 0.3 is 12.0 Å². The minimum Gasteiger partial charge on any atom is -0.480 e. The largest absolute Gasteiger partial charge is 0.480 e. The van der Waals surface area contributed by atoms with E-state index in [4.69, 9.17) is 0 Å². The van der Waals surface area contributed by atoms with Crippen molar-refractivity contribution in [1.82, 2.24) is 20.4 Å². The lowest BCUT2D eigenvalue weighted by Crippen LogP contribution is -2.60. The minimum absolute atomic E-state index is 0.0783. The summed E-state index contributed by atoms with van der Waals surface area (Å²) in [6.07, 6.45) is 9.48. The highest BCUT2D eigenvalue weighted by Gasteiger charge is 2.41. The number of piperidine rings is 1. The molecule has 41 heavy (non-hydrogen) atoms. The van der Waals surface area contributed by atoms with Crippen molar-refractivity contribution < 1.29 is 24.3 Å². The Balaban J connectivity index is 1.60. The monoisotopic (exact) mass is 568 g/mol. The zero-order chi connectivity index (χ0) is 29.5. The fraction of sp³-hybridized carbons (Fsp3) is 0.688. The molecule has 1 aromatic carbocycles. The lowest BCUT2D eigenvalue weighted by Gasteiger charge is -2.37. The molecule has 2 aliphatic carbocycles. The molecule has 4 atom stereocenters. The highest BCUT2D eigenvalue weighted by Crippen LogP contribution is 2.36. The van der Waals surface area contributed by atoms with E-state index in [2.05, 4.69) is 16.7 Å². The van der Waals surface area contributed by atoms with Crippen molar-refractivity contribution in [3.05, 3.63) is 35.4 Å². The molecule has 0 radical (unpaired) electrons. The number of fused-ring (bicyclic) bond motifs is 1. The van der Waals surface area contributed by atoms with Crippen LogP contribution in [0, 0.1) is 11.8 Å². The van der Waals surface area contributed by atoms with Gasteiger partial charge in [-0.25, -0.2) is 9.59 Å². The summed E-state index contributed by atoms with van der Waals surface area (Å²) in [5.41, 5.74) is 2.24. The maximum atomic E-state index is 14.2. The third kappa shape index (κ3) is 7.60. The molecule has 1 aromatic rings. The summed E-state index contributed by atoms with van der Waals surface area (Å²) in [7, 11) is 1.54. The Morgan fingerprint density at radius 3 is 2.24 bits per heavy atom. The second-order valence-electron chi connectivity index (χ2n) is 12.6. The number of hydrogen-bond acceptors (Lipinski definition) is 4. The molecule has 0 aromatic heterocycles. The maximum Gasteiger partial charge on any atom is 0.326 e. The Morgan fingerprint density at radius 1 is 0.927 bits per heavy atom. The fourth-order valence-corrected chi connectivity index (χ4v) is 6.94. The van der Waals surface area contributed by atoms with Gasteiger partial charge in [-0.05, 0) is 74.3 Å². The van der Waals surface area contributed by atoms with Gasteiger partial charge in [0.2, 0.25) is 11.8 Å². The van der Waals surface area contributed by atoms with Crippen LogP contribution < -0.4 is 10.6 Å². The first-order valence-corrected chi connectivity index (χ1v) is 15.6. The van der Waals surface area contributed by atoms with Gasteiger partial charge in [-0.2, -0.15) is 0 Å². The van der Waals surface area contributed by atoms with Crippen molar-refractivity contribution in [3.63, 3.8) is 0 Å². The predicted octanol–water partition coefficient (Wildman–Crippen LogP) is 4.30. The number of carboxylic acid groups (broad SMARTS) is 1. The number of carbonyl (C=O) groups is 4. The molecule has 0 bridgehead atoms. The Labute approximate surface area is 244 Å². The van der Waals surface area contributed by atoms with Crippen molar-refractivity contribution in [2.45, 2.75) is 109 Å². The molecule has 1 aliphatic heterocycles. The maximum absolute atomic E-state index is 14.2. The van der Waals surface area contributed by atoms with Gasteiger partial charge in [0.25, 0.3) is 0 Å². The van der Waals surface area contributed by atoms with E-state index in [0.717, 1.165) is 69.8 Å². The molecular formula is C32H48N4O5. The van der Waals surface area contributed by atoms with Gasteiger partial charge in [-0.3, -0.25) is 9.59 Å². The summed E-state index contributed by atoms with van der Waals surface area (Å²) in [5.74, 6) is -1.97. The quantitative estimate of drug-likeness (QED) is 0.389. The molecule has 0 spiro atoms. The summed E-state index contributed by atoms with van der Waals surface area (Å²) in [6.45, 7) is 5.21. The van der Waals surface area contributed by atoms with Crippen molar-refractivity contribution in [2.24, 2.45) is 11.8 Å². The van der Waals surface area contributed by atoms with E-state index in [1.165, 1.54) is 17.5 Å². The number of likely N-dealkylation sites (tertiary alicyclic amines) is 1. The predicted molar refractivity (Wildman–Crippen MR) is 157 cm³/mol. The molecule has 4 amide bonds. The summed E-state index contributed by atoms with van der Waals surface area (Å²) >= 11 is 0. The van der Waals surface area contributed by atoms with Gasteiger partial charge in [-0.1, -0.05) is 57.4 Å². The van der Waals surface area contributed by atoms with Crippen LogP contribution in [-0.4, -0.2) is 77.0 Å². The Kier molecular flexibility index (Phi) is 10.7. The lowest BCUT2D eigenvalue weighted by molar-refractivity contribution is -0.151. The van der Waals surface area contributed by atoms with Crippen LogP contribution in [-0.2, 0) is 20.8 Å². The number of urea groups is 1. The van der Waals surface area contributed by atoms with Crippen molar-refractivity contribution in [3.8, 4) is 0 Å². The van der Waals surface area contributed by atoms with Crippen LogP contribution in [0.5, 0.6) is 0 Å². The Hall–Kier alpha value is -3.10. The number of aryl methyl sites for hydroxylation is 1. The van der Waals surface area contributed by atoms with E-state index in [0.29, 0.717) is 19.5 Å². The molecular weight excluding hydrogens is 520 g/mol. The molecule has 9 nitrogen and oxygen atoms in total. The van der Waals surface area contributed by atoms with Crippen molar-refractivity contribution >= 4 is 23.8 Å². The second kappa shape index (κ2) is 14.2.